The minimum atomic E-state index is -0.539. The Balaban J connectivity index is 2.68. The average Bonchev–Trinajstić information content (AvgIpc) is 2.29. The minimum absolute atomic E-state index is 0.105. The quantitative estimate of drug-likeness (QED) is 0.896. The number of nitrogens with zero attached hydrogens (tertiary/aromatic N) is 1. The van der Waals surface area contributed by atoms with Crippen molar-refractivity contribution in [3.8, 4) is 0 Å². The lowest BCUT2D eigenvalue weighted by Gasteiger charge is -2.30. The van der Waals surface area contributed by atoms with Gasteiger partial charge < -0.3 is 10.6 Å². The molecule has 18 heavy (non-hydrogen) atoms. The zero-order valence-corrected chi connectivity index (χ0v) is 11.4. The van der Waals surface area contributed by atoms with Crippen LogP contribution in [0.2, 0.25) is 0 Å². The Hall–Kier alpha value is -1.42. The number of rotatable bonds is 3. The molecule has 0 radical (unpaired) electrons. The van der Waals surface area contributed by atoms with Crippen LogP contribution < -0.4 is 5.73 Å². The molecule has 0 aliphatic rings. The van der Waals surface area contributed by atoms with Gasteiger partial charge in [-0.15, -0.1) is 0 Å². The van der Waals surface area contributed by atoms with Crippen LogP contribution in [-0.2, 0) is 11.3 Å². The van der Waals surface area contributed by atoms with E-state index < -0.39 is 6.04 Å². The molecule has 0 unspecified atom stereocenters. The van der Waals surface area contributed by atoms with E-state index in [-0.39, 0.29) is 17.1 Å². The monoisotopic (exact) mass is 252 g/mol. The highest BCUT2D eigenvalue weighted by Crippen LogP contribution is 2.19. The lowest BCUT2D eigenvalue weighted by molar-refractivity contribution is -0.134. The van der Waals surface area contributed by atoms with Gasteiger partial charge in [0.2, 0.25) is 5.91 Å². The van der Waals surface area contributed by atoms with Gasteiger partial charge >= 0.3 is 0 Å². The molecule has 4 heteroatoms. The molecule has 0 spiro atoms. The summed E-state index contributed by atoms with van der Waals surface area (Å²) in [6.45, 7) is 6.23. The van der Waals surface area contributed by atoms with Gasteiger partial charge in [-0.3, -0.25) is 4.79 Å². The van der Waals surface area contributed by atoms with Gasteiger partial charge in [0, 0.05) is 13.6 Å². The highest BCUT2D eigenvalue weighted by Gasteiger charge is 2.29. The van der Waals surface area contributed by atoms with Crippen LogP contribution in [0.1, 0.15) is 26.3 Å². The third-order valence-electron chi connectivity index (χ3n) is 2.91. The first-order chi connectivity index (χ1) is 8.21. The Bertz CT molecular complexity index is 409. The van der Waals surface area contributed by atoms with Crippen molar-refractivity contribution in [1.82, 2.24) is 4.90 Å². The molecule has 0 saturated heterocycles. The molecule has 1 atom stereocenters. The van der Waals surface area contributed by atoms with Gasteiger partial charge in [0.15, 0.2) is 0 Å². The van der Waals surface area contributed by atoms with Gasteiger partial charge in [0.05, 0.1) is 6.04 Å². The molecule has 0 fully saturated rings. The van der Waals surface area contributed by atoms with Crippen LogP contribution in [0.15, 0.2) is 24.3 Å². The third-order valence-corrected chi connectivity index (χ3v) is 2.91. The molecular formula is C14H21FN2O. The van der Waals surface area contributed by atoms with Gasteiger partial charge in [-0.05, 0) is 23.1 Å². The second-order valence-corrected chi connectivity index (χ2v) is 5.66. The number of likely N-dealkylation sites (N-methyl/N-ethyl adjacent to an activating group) is 1. The molecule has 0 aliphatic heterocycles. The van der Waals surface area contributed by atoms with E-state index in [0.717, 1.165) is 5.56 Å². The number of nitrogens with two attached hydrogens (primary N) is 1. The van der Waals surface area contributed by atoms with Gasteiger partial charge in [-0.25, -0.2) is 4.39 Å². The number of halogens is 1. The van der Waals surface area contributed by atoms with Gasteiger partial charge in [0.25, 0.3) is 0 Å². The van der Waals surface area contributed by atoms with Crippen LogP contribution in [0.25, 0.3) is 0 Å². The summed E-state index contributed by atoms with van der Waals surface area (Å²) >= 11 is 0. The molecule has 1 aromatic rings. The van der Waals surface area contributed by atoms with E-state index in [9.17, 15) is 9.18 Å². The third kappa shape index (κ3) is 3.81. The van der Waals surface area contributed by atoms with Crippen LogP contribution >= 0.6 is 0 Å². The van der Waals surface area contributed by atoms with Crippen molar-refractivity contribution in [3.63, 3.8) is 0 Å². The molecule has 2 N–H and O–H groups in total. The summed E-state index contributed by atoms with van der Waals surface area (Å²) in [5.41, 5.74) is 6.53. The van der Waals surface area contributed by atoms with E-state index in [1.807, 2.05) is 20.8 Å². The summed E-state index contributed by atoms with van der Waals surface area (Å²) in [4.78, 5) is 13.7. The number of benzene rings is 1. The van der Waals surface area contributed by atoms with Crippen LogP contribution in [0, 0.1) is 11.2 Å². The lowest BCUT2D eigenvalue weighted by atomic mass is 9.86. The normalized spacial score (nSPS) is 13.2. The largest absolute Gasteiger partial charge is 0.340 e. The first kappa shape index (κ1) is 14.6. The van der Waals surface area contributed by atoms with Crippen LogP contribution in [0.4, 0.5) is 4.39 Å². The Morgan fingerprint density at radius 3 is 2.28 bits per heavy atom. The molecule has 3 nitrogen and oxygen atoms in total. The van der Waals surface area contributed by atoms with Gasteiger partial charge in [-0.2, -0.15) is 0 Å². The smallest absolute Gasteiger partial charge is 0.240 e. The number of hydrogen-bond donors (Lipinski definition) is 1. The zero-order chi connectivity index (χ0) is 13.9. The fourth-order valence-electron chi connectivity index (χ4n) is 1.55. The molecule has 0 saturated carbocycles. The fourth-order valence-corrected chi connectivity index (χ4v) is 1.55. The Morgan fingerprint density at radius 2 is 1.83 bits per heavy atom. The summed E-state index contributed by atoms with van der Waals surface area (Å²) in [5.74, 6) is -0.383. The van der Waals surface area contributed by atoms with Gasteiger partial charge in [0.1, 0.15) is 5.82 Å². The van der Waals surface area contributed by atoms with E-state index in [2.05, 4.69) is 0 Å². The van der Waals surface area contributed by atoms with Crippen molar-refractivity contribution >= 4 is 5.91 Å². The van der Waals surface area contributed by atoms with Crippen molar-refractivity contribution in [2.75, 3.05) is 7.05 Å². The number of amides is 1. The zero-order valence-electron chi connectivity index (χ0n) is 11.4. The number of carbonyl (C=O) groups is 1. The summed E-state index contributed by atoms with van der Waals surface area (Å²) in [6.07, 6.45) is 0. The SMILES string of the molecule is CN(Cc1ccc(F)cc1)C(=O)[C@H](N)C(C)(C)C. The molecular weight excluding hydrogens is 231 g/mol. The second-order valence-electron chi connectivity index (χ2n) is 5.66. The molecule has 100 valence electrons. The predicted octanol–water partition coefficient (Wildman–Crippen LogP) is 2.16. The van der Waals surface area contributed by atoms with E-state index in [1.54, 1.807) is 24.1 Å². The predicted molar refractivity (Wildman–Crippen MR) is 70.3 cm³/mol. The van der Waals surface area contributed by atoms with Crippen LogP contribution in [0.5, 0.6) is 0 Å². The number of hydrogen-bond acceptors (Lipinski definition) is 2. The Labute approximate surface area is 108 Å². The molecule has 0 bridgehead atoms. The maximum atomic E-state index is 12.8. The lowest BCUT2D eigenvalue weighted by Crippen LogP contribution is -2.48. The summed E-state index contributed by atoms with van der Waals surface area (Å²) in [6, 6.07) is 5.57. The maximum Gasteiger partial charge on any atom is 0.240 e. The number of carbonyl (C=O) groups excluding carboxylic acids is 1. The molecule has 1 aromatic carbocycles. The Morgan fingerprint density at radius 1 is 1.33 bits per heavy atom. The highest BCUT2D eigenvalue weighted by atomic mass is 19.1. The molecule has 1 amide bonds. The fraction of sp³-hybridized carbons (Fsp3) is 0.500. The van der Waals surface area contributed by atoms with Crippen molar-refractivity contribution in [3.05, 3.63) is 35.6 Å². The van der Waals surface area contributed by atoms with E-state index in [4.69, 9.17) is 5.73 Å². The topological polar surface area (TPSA) is 46.3 Å². The van der Waals surface area contributed by atoms with E-state index in [0.29, 0.717) is 6.54 Å². The molecule has 0 aromatic heterocycles. The van der Waals surface area contributed by atoms with Crippen LogP contribution in [0.3, 0.4) is 0 Å². The molecule has 0 aliphatic carbocycles. The first-order valence-corrected chi connectivity index (χ1v) is 5.97. The maximum absolute atomic E-state index is 12.8. The highest BCUT2D eigenvalue weighted by molar-refractivity contribution is 5.82. The second kappa shape index (κ2) is 5.48. The van der Waals surface area contributed by atoms with Crippen molar-refractivity contribution < 1.29 is 9.18 Å². The summed E-state index contributed by atoms with van der Waals surface area (Å²) < 4.78 is 12.8. The summed E-state index contributed by atoms with van der Waals surface area (Å²) in [7, 11) is 1.71. The van der Waals surface area contributed by atoms with Gasteiger partial charge in [-0.1, -0.05) is 32.9 Å². The van der Waals surface area contributed by atoms with Crippen LogP contribution in [-0.4, -0.2) is 23.9 Å². The molecule has 0 heterocycles. The first-order valence-electron chi connectivity index (χ1n) is 5.97. The van der Waals surface area contributed by atoms with Crippen molar-refractivity contribution in [2.45, 2.75) is 33.4 Å². The van der Waals surface area contributed by atoms with E-state index >= 15 is 0 Å². The van der Waals surface area contributed by atoms with Crippen molar-refractivity contribution in [1.29, 1.82) is 0 Å². The van der Waals surface area contributed by atoms with Crippen molar-refractivity contribution in [2.24, 2.45) is 11.1 Å². The standard InChI is InChI=1S/C14H21FN2O/c1-14(2,3)12(16)13(18)17(4)9-10-5-7-11(15)8-6-10/h5-8,12H,9,16H2,1-4H3/t12-/m0/s1. The minimum Gasteiger partial charge on any atom is -0.340 e. The Kier molecular flexibility index (Phi) is 4.46. The molecule has 1 rings (SSSR count). The summed E-state index contributed by atoms with van der Waals surface area (Å²) in [5, 5.41) is 0. The average molecular weight is 252 g/mol. The van der Waals surface area contributed by atoms with E-state index in [1.165, 1.54) is 12.1 Å².